The lowest BCUT2D eigenvalue weighted by Gasteiger charge is -2.14. The Morgan fingerprint density at radius 3 is 2.48 bits per heavy atom. The molecule has 3 rings (SSSR count). The molecule has 2 aromatic rings. The van der Waals surface area contributed by atoms with Crippen LogP contribution in [0.3, 0.4) is 0 Å². The molecule has 0 atom stereocenters. The molecule has 0 aliphatic heterocycles. The number of hydrogen-bond acceptors (Lipinski definition) is 1. The molecule has 0 unspecified atom stereocenters. The van der Waals surface area contributed by atoms with Crippen LogP contribution in [-0.4, -0.2) is 19.0 Å². The molecule has 3 nitrogen and oxygen atoms in total. The van der Waals surface area contributed by atoms with E-state index in [-0.39, 0.29) is 11.2 Å². The second-order valence-electron chi connectivity index (χ2n) is 6.12. The second-order valence-corrected chi connectivity index (χ2v) is 6.12. The number of rotatable bonds is 6. The second kappa shape index (κ2) is 6.82. The van der Waals surface area contributed by atoms with Crippen molar-refractivity contribution in [1.82, 2.24) is 5.32 Å². The molecular weight excluding hydrogens is 289 g/mol. The zero-order valence-electron chi connectivity index (χ0n) is 13.1. The van der Waals surface area contributed by atoms with Crippen molar-refractivity contribution in [1.29, 1.82) is 0 Å². The summed E-state index contributed by atoms with van der Waals surface area (Å²) in [6, 6.07) is 17.2. The van der Waals surface area contributed by atoms with E-state index >= 15 is 0 Å². The van der Waals surface area contributed by atoms with Crippen LogP contribution in [0.2, 0.25) is 0 Å². The zero-order valence-corrected chi connectivity index (χ0v) is 13.1. The van der Waals surface area contributed by atoms with E-state index in [1.165, 1.54) is 11.6 Å². The average Bonchev–Trinajstić information content (AvgIpc) is 3.35. The SMILES string of the molecule is NC(=NCC1(c2ccccc2F)CC1)NCCc1ccccc1. The Morgan fingerprint density at radius 1 is 1.09 bits per heavy atom. The number of benzene rings is 2. The number of nitrogens with one attached hydrogen (secondary N) is 1. The number of guanidine groups is 1. The quantitative estimate of drug-likeness (QED) is 0.636. The summed E-state index contributed by atoms with van der Waals surface area (Å²) in [4.78, 5) is 4.42. The fourth-order valence-corrected chi connectivity index (χ4v) is 2.83. The first-order valence-electron chi connectivity index (χ1n) is 8.02. The lowest BCUT2D eigenvalue weighted by atomic mass is 9.95. The van der Waals surface area contributed by atoms with Gasteiger partial charge in [0.1, 0.15) is 5.82 Å². The van der Waals surface area contributed by atoms with Gasteiger partial charge in [-0.1, -0.05) is 48.5 Å². The fourth-order valence-electron chi connectivity index (χ4n) is 2.83. The maximum Gasteiger partial charge on any atom is 0.188 e. The molecule has 1 saturated carbocycles. The molecule has 0 spiro atoms. The van der Waals surface area contributed by atoms with Crippen molar-refractivity contribution < 1.29 is 4.39 Å². The summed E-state index contributed by atoms with van der Waals surface area (Å²) in [6.07, 6.45) is 2.83. The van der Waals surface area contributed by atoms with Crippen LogP contribution in [0.15, 0.2) is 59.6 Å². The Bertz CT molecular complexity index is 678. The van der Waals surface area contributed by atoms with Crippen LogP contribution >= 0.6 is 0 Å². The molecule has 0 amide bonds. The molecule has 4 heteroatoms. The largest absolute Gasteiger partial charge is 0.370 e. The summed E-state index contributed by atoms with van der Waals surface area (Å²) in [5, 5.41) is 3.13. The zero-order chi connectivity index (χ0) is 16.1. The molecule has 1 fully saturated rings. The molecule has 0 bridgehead atoms. The van der Waals surface area contributed by atoms with Gasteiger partial charge in [0.05, 0.1) is 6.54 Å². The Balaban J connectivity index is 1.52. The normalized spacial score (nSPS) is 16.1. The van der Waals surface area contributed by atoms with Gasteiger partial charge < -0.3 is 11.1 Å². The molecule has 3 N–H and O–H groups in total. The minimum absolute atomic E-state index is 0.143. The summed E-state index contributed by atoms with van der Waals surface area (Å²) >= 11 is 0. The van der Waals surface area contributed by atoms with Gasteiger partial charge in [-0.25, -0.2) is 4.39 Å². The highest BCUT2D eigenvalue weighted by molar-refractivity contribution is 5.77. The van der Waals surface area contributed by atoms with E-state index in [2.05, 4.69) is 22.4 Å². The molecule has 1 aliphatic rings. The third-order valence-corrected chi connectivity index (χ3v) is 4.41. The van der Waals surface area contributed by atoms with Crippen LogP contribution in [0.25, 0.3) is 0 Å². The number of aliphatic imine (C=N–C) groups is 1. The van der Waals surface area contributed by atoms with Crippen molar-refractivity contribution in [3.05, 3.63) is 71.5 Å². The highest BCUT2D eigenvalue weighted by Crippen LogP contribution is 2.49. The molecule has 0 saturated heterocycles. The summed E-state index contributed by atoms with van der Waals surface area (Å²) in [5.41, 5.74) is 7.80. The minimum Gasteiger partial charge on any atom is -0.370 e. The van der Waals surface area contributed by atoms with E-state index in [1.54, 1.807) is 6.07 Å². The van der Waals surface area contributed by atoms with E-state index in [9.17, 15) is 4.39 Å². The average molecular weight is 311 g/mol. The van der Waals surface area contributed by atoms with E-state index in [1.807, 2.05) is 30.3 Å². The summed E-state index contributed by atoms with van der Waals surface area (Å²) in [6.45, 7) is 1.28. The maximum atomic E-state index is 13.9. The van der Waals surface area contributed by atoms with Crippen LogP contribution in [0, 0.1) is 5.82 Å². The van der Waals surface area contributed by atoms with Gasteiger partial charge in [-0.3, -0.25) is 4.99 Å². The third-order valence-electron chi connectivity index (χ3n) is 4.41. The van der Waals surface area contributed by atoms with E-state index in [4.69, 9.17) is 5.73 Å². The minimum atomic E-state index is -0.156. The van der Waals surface area contributed by atoms with E-state index in [0.717, 1.165) is 31.4 Å². The van der Waals surface area contributed by atoms with Crippen LogP contribution in [0.4, 0.5) is 4.39 Å². The smallest absolute Gasteiger partial charge is 0.188 e. The third kappa shape index (κ3) is 3.89. The van der Waals surface area contributed by atoms with Gasteiger partial charge in [0.15, 0.2) is 5.96 Å². The number of nitrogens with zero attached hydrogens (tertiary/aromatic N) is 1. The molecule has 1 aliphatic carbocycles. The lowest BCUT2D eigenvalue weighted by Crippen LogP contribution is -2.34. The van der Waals surface area contributed by atoms with Crippen LogP contribution in [-0.2, 0) is 11.8 Å². The highest BCUT2D eigenvalue weighted by atomic mass is 19.1. The predicted octanol–water partition coefficient (Wildman–Crippen LogP) is 3.00. The van der Waals surface area contributed by atoms with Crippen LogP contribution in [0.1, 0.15) is 24.0 Å². The summed E-state index contributed by atoms with van der Waals surface area (Å²) in [7, 11) is 0. The number of halogens is 1. The molecule has 0 radical (unpaired) electrons. The number of hydrogen-bond donors (Lipinski definition) is 2. The Labute approximate surface area is 136 Å². The summed E-state index contributed by atoms with van der Waals surface area (Å²) < 4.78 is 13.9. The monoisotopic (exact) mass is 311 g/mol. The summed E-state index contributed by atoms with van der Waals surface area (Å²) in [5.74, 6) is 0.291. The first-order valence-corrected chi connectivity index (χ1v) is 8.02. The van der Waals surface area contributed by atoms with Crippen molar-refractivity contribution in [2.24, 2.45) is 10.7 Å². The molecule has 2 aromatic carbocycles. The Hall–Kier alpha value is -2.36. The van der Waals surface area contributed by atoms with Gasteiger partial charge in [0.2, 0.25) is 0 Å². The molecular formula is C19H22FN3. The number of nitrogens with two attached hydrogens (primary N) is 1. The van der Waals surface area contributed by atoms with Crippen molar-refractivity contribution in [3.63, 3.8) is 0 Å². The topological polar surface area (TPSA) is 50.4 Å². The van der Waals surface area contributed by atoms with Crippen molar-refractivity contribution in [2.45, 2.75) is 24.7 Å². The molecule has 120 valence electrons. The van der Waals surface area contributed by atoms with E-state index < -0.39 is 0 Å². The van der Waals surface area contributed by atoms with Crippen molar-refractivity contribution >= 4 is 5.96 Å². The lowest BCUT2D eigenvalue weighted by molar-refractivity contribution is 0.573. The van der Waals surface area contributed by atoms with Gasteiger partial charge in [-0.05, 0) is 36.5 Å². The first-order chi connectivity index (χ1) is 11.2. The molecule has 23 heavy (non-hydrogen) atoms. The van der Waals surface area contributed by atoms with Gasteiger partial charge in [0.25, 0.3) is 0 Å². The van der Waals surface area contributed by atoms with Crippen molar-refractivity contribution in [3.8, 4) is 0 Å². The van der Waals surface area contributed by atoms with Gasteiger partial charge >= 0.3 is 0 Å². The predicted molar refractivity (Wildman–Crippen MR) is 92.0 cm³/mol. The first kappa shape index (κ1) is 15.5. The van der Waals surface area contributed by atoms with E-state index in [0.29, 0.717) is 12.5 Å². The fraction of sp³-hybridized carbons (Fsp3) is 0.316. The van der Waals surface area contributed by atoms with Gasteiger partial charge in [-0.15, -0.1) is 0 Å². The standard InChI is InChI=1S/C19H22FN3/c20-17-9-5-4-8-16(17)19(11-12-19)14-23-18(21)22-13-10-15-6-2-1-3-7-15/h1-9H,10-14H2,(H3,21,22,23). The Kier molecular flexibility index (Phi) is 4.60. The van der Waals surface area contributed by atoms with Gasteiger partial charge in [-0.2, -0.15) is 0 Å². The maximum absolute atomic E-state index is 13.9. The van der Waals surface area contributed by atoms with Gasteiger partial charge in [0, 0.05) is 12.0 Å². The van der Waals surface area contributed by atoms with Crippen LogP contribution in [0.5, 0.6) is 0 Å². The van der Waals surface area contributed by atoms with Crippen LogP contribution < -0.4 is 11.1 Å². The Morgan fingerprint density at radius 2 is 1.78 bits per heavy atom. The molecule has 0 aromatic heterocycles. The molecule has 0 heterocycles. The highest BCUT2D eigenvalue weighted by Gasteiger charge is 2.45. The van der Waals surface area contributed by atoms with Crippen molar-refractivity contribution in [2.75, 3.05) is 13.1 Å².